The first-order chi connectivity index (χ1) is 18.9. The lowest BCUT2D eigenvalue weighted by atomic mass is 10.1. The summed E-state index contributed by atoms with van der Waals surface area (Å²) in [5, 5.41) is 6.17. The van der Waals surface area contributed by atoms with Gasteiger partial charge in [0.05, 0.1) is 31.5 Å². The number of halogens is 1. The summed E-state index contributed by atoms with van der Waals surface area (Å²) in [4.78, 5) is 27.3. The molecule has 1 saturated heterocycles. The number of hydrogen-bond acceptors (Lipinski definition) is 7. The number of anilines is 1. The number of nitrogens with zero attached hydrogens (tertiary/aromatic N) is 6. The molecular weight excluding hydrogens is 516 g/mol. The molecule has 1 fully saturated rings. The average molecular weight is 549 g/mol. The van der Waals surface area contributed by atoms with E-state index in [9.17, 15) is 4.79 Å². The molecule has 1 amide bonds. The lowest BCUT2D eigenvalue weighted by Crippen LogP contribution is -2.49. The maximum Gasteiger partial charge on any atom is 0.254 e. The molecule has 4 aromatic rings. The topological polar surface area (TPSA) is 85.6 Å². The van der Waals surface area contributed by atoms with Gasteiger partial charge in [-0.1, -0.05) is 31.5 Å². The summed E-state index contributed by atoms with van der Waals surface area (Å²) in [7, 11) is 3.16. The molecule has 10 heteroatoms. The summed E-state index contributed by atoms with van der Waals surface area (Å²) in [6, 6.07) is 12.8. The molecule has 2 aromatic carbocycles. The van der Waals surface area contributed by atoms with Crippen LogP contribution in [-0.2, 0) is 6.42 Å². The highest BCUT2D eigenvalue weighted by Crippen LogP contribution is 2.29. The van der Waals surface area contributed by atoms with Crippen LogP contribution in [0, 0.1) is 5.92 Å². The van der Waals surface area contributed by atoms with Gasteiger partial charge in [0.25, 0.3) is 5.91 Å². The zero-order valence-electron chi connectivity index (χ0n) is 22.7. The van der Waals surface area contributed by atoms with Crippen molar-refractivity contribution in [2.75, 3.05) is 45.3 Å². The van der Waals surface area contributed by atoms with E-state index in [1.54, 1.807) is 32.4 Å². The number of benzene rings is 2. The molecule has 39 heavy (non-hydrogen) atoms. The Balaban J connectivity index is 1.42. The van der Waals surface area contributed by atoms with Crippen molar-refractivity contribution in [2.45, 2.75) is 26.7 Å². The van der Waals surface area contributed by atoms with Gasteiger partial charge in [0.1, 0.15) is 23.1 Å². The van der Waals surface area contributed by atoms with Crippen LogP contribution in [0.4, 0.5) is 5.82 Å². The molecule has 0 N–H and O–H groups in total. The predicted octanol–water partition coefficient (Wildman–Crippen LogP) is 5.04. The highest BCUT2D eigenvalue weighted by molar-refractivity contribution is 6.30. The highest BCUT2D eigenvalue weighted by atomic mass is 35.5. The van der Waals surface area contributed by atoms with Crippen LogP contribution in [0.15, 0.2) is 48.7 Å². The lowest BCUT2D eigenvalue weighted by Gasteiger charge is -2.35. The van der Waals surface area contributed by atoms with Gasteiger partial charge in [-0.15, -0.1) is 0 Å². The Morgan fingerprint density at radius 2 is 1.72 bits per heavy atom. The first-order valence-corrected chi connectivity index (χ1v) is 13.5. The second-order valence-corrected chi connectivity index (χ2v) is 10.5. The molecule has 0 bridgehead atoms. The van der Waals surface area contributed by atoms with E-state index >= 15 is 0 Å². The molecule has 3 heterocycles. The summed E-state index contributed by atoms with van der Waals surface area (Å²) >= 11 is 6.27. The second kappa shape index (κ2) is 11.5. The van der Waals surface area contributed by atoms with Gasteiger partial charge in [-0.05, 0) is 42.7 Å². The van der Waals surface area contributed by atoms with Crippen LogP contribution in [0.2, 0.25) is 5.02 Å². The largest absolute Gasteiger partial charge is 0.497 e. The number of carbonyl (C=O) groups is 1. The molecular formula is C29H33ClN6O3. The third-order valence-electron chi connectivity index (χ3n) is 6.92. The fourth-order valence-electron chi connectivity index (χ4n) is 4.74. The highest BCUT2D eigenvalue weighted by Gasteiger charge is 2.26. The van der Waals surface area contributed by atoms with Crippen LogP contribution in [-0.4, -0.2) is 71.0 Å². The molecule has 0 aliphatic carbocycles. The van der Waals surface area contributed by atoms with Gasteiger partial charge in [0.15, 0.2) is 5.65 Å². The van der Waals surface area contributed by atoms with Crippen molar-refractivity contribution in [1.82, 2.24) is 24.6 Å². The number of aromatic nitrogens is 4. The van der Waals surface area contributed by atoms with E-state index in [0.717, 1.165) is 41.2 Å². The van der Waals surface area contributed by atoms with E-state index in [4.69, 9.17) is 31.0 Å². The van der Waals surface area contributed by atoms with E-state index < -0.39 is 0 Å². The molecule has 1 aliphatic heterocycles. The molecule has 204 valence electrons. The Bertz CT molecular complexity index is 1460. The molecule has 2 aromatic heterocycles. The third-order valence-corrected chi connectivity index (χ3v) is 7.15. The Labute approximate surface area is 233 Å². The maximum atomic E-state index is 13.3. The van der Waals surface area contributed by atoms with E-state index in [-0.39, 0.29) is 5.91 Å². The second-order valence-electron chi connectivity index (χ2n) is 10.1. The average Bonchev–Trinajstić information content (AvgIpc) is 3.39. The van der Waals surface area contributed by atoms with Crippen LogP contribution in [0.3, 0.4) is 0 Å². The van der Waals surface area contributed by atoms with Crippen molar-refractivity contribution in [3.8, 4) is 17.2 Å². The fraction of sp³-hybridized carbons (Fsp3) is 0.379. The van der Waals surface area contributed by atoms with Gasteiger partial charge >= 0.3 is 0 Å². The van der Waals surface area contributed by atoms with Gasteiger partial charge in [0, 0.05) is 49.3 Å². The van der Waals surface area contributed by atoms with Crippen molar-refractivity contribution >= 4 is 34.4 Å². The van der Waals surface area contributed by atoms with E-state index in [1.807, 2.05) is 40.0 Å². The number of amides is 1. The van der Waals surface area contributed by atoms with Gasteiger partial charge in [-0.2, -0.15) is 5.10 Å². The van der Waals surface area contributed by atoms with Crippen molar-refractivity contribution in [1.29, 1.82) is 0 Å². The Morgan fingerprint density at radius 1 is 1.00 bits per heavy atom. The first kappa shape index (κ1) is 26.7. The molecule has 0 radical (unpaired) electrons. The number of methoxy groups -OCH3 is 2. The van der Waals surface area contributed by atoms with E-state index in [0.29, 0.717) is 54.2 Å². The van der Waals surface area contributed by atoms with Gasteiger partial charge in [-0.3, -0.25) is 4.79 Å². The minimum Gasteiger partial charge on any atom is -0.497 e. The van der Waals surface area contributed by atoms with Crippen LogP contribution in [0.1, 0.15) is 36.5 Å². The lowest BCUT2D eigenvalue weighted by molar-refractivity contribution is 0.0746. The van der Waals surface area contributed by atoms with Crippen LogP contribution in [0.5, 0.6) is 11.5 Å². The van der Waals surface area contributed by atoms with Gasteiger partial charge < -0.3 is 19.3 Å². The molecule has 0 atom stereocenters. The number of aryl methyl sites for hydroxylation is 1. The number of fused-ring (bicyclic) bond motifs is 1. The Morgan fingerprint density at radius 3 is 2.36 bits per heavy atom. The molecule has 5 rings (SSSR count). The van der Waals surface area contributed by atoms with Gasteiger partial charge in [0.2, 0.25) is 0 Å². The van der Waals surface area contributed by atoms with Crippen molar-refractivity contribution in [3.05, 3.63) is 65.1 Å². The molecule has 0 saturated carbocycles. The maximum absolute atomic E-state index is 13.3. The van der Waals surface area contributed by atoms with E-state index in [1.165, 1.54) is 0 Å². The predicted molar refractivity (Wildman–Crippen MR) is 152 cm³/mol. The summed E-state index contributed by atoms with van der Waals surface area (Å²) in [6.45, 7) is 6.81. The number of piperazine rings is 1. The third kappa shape index (κ3) is 5.78. The van der Waals surface area contributed by atoms with Crippen molar-refractivity contribution < 1.29 is 14.3 Å². The Hall–Kier alpha value is -3.85. The van der Waals surface area contributed by atoms with Gasteiger partial charge in [-0.25, -0.2) is 14.6 Å². The minimum atomic E-state index is -0.0499. The quantitative estimate of drug-likeness (QED) is 0.305. The van der Waals surface area contributed by atoms with Crippen molar-refractivity contribution in [3.63, 3.8) is 0 Å². The number of carbonyl (C=O) groups excluding carboxylic acids is 1. The smallest absolute Gasteiger partial charge is 0.254 e. The number of hydrogen-bond donors (Lipinski definition) is 0. The molecule has 0 spiro atoms. The molecule has 9 nitrogen and oxygen atoms in total. The summed E-state index contributed by atoms with van der Waals surface area (Å²) in [6.07, 6.45) is 3.58. The van der Waals surface area contributed by atoms with E-state index in [2.05, 4.69) is 23.8 Å². The number of ether oxygens (including phenoxy) is 2. The van der Waals surface area contributed by atoms with Crippen LogP contribution < -0.4 is 14.4 Å². The molecule has 1 aliphatic rings. The SMILES string of the molecule is COc1cc(OC)cc(C(=O)N2CCN(c3nc(CCC(C)C)nc4c3cnn4-c3cccc(Cl)c3)CC2)c1. The van der Waals surface area contributed by atoms with Crippen molar-refractivity contribution in [2.24, 2.45) is 5.92 Å². The summed E-state index contributed by atoms with van der Waals surface area (Å²) in [5.74, 6) is 3.30. The standard InChI is InChI=1S/C29H33ClN6O3/c1-19(2)8-9-26-32-27(25-18-31-36(28(25)33-26)22-7-5-6-21(30)16-22)34-10-12-35(13-11-34)29(37)20-14-23(38-3)17-24(15-20)39-4/h5-7,14-19H,8-13H2,1-4H3. The molecule has 0 unspecified atom stereocenters. The van der Waals surface area contributed by atoms with Crippen LogP contribution >= 0.6 is 11.6 Å². The monoisotopic (exact) mass is 548 g/mol. The van der Waals surface area contributed by atoms with Crippen LogP contribution in [0.25, 0.3) is 16.7 Å². The summed E-state index contributed by atoms with van der Waals surface area (Å²) in [5.41, 5.74) is 2.15. The zero-order valence-corrected chi connectivity index (χ0v) is 23.5. The first-order valence-electron chi connectivity index (χ1n) is 13.1. The fourth-order valence-corrected chi connectivity index (χ4v) is 4.92. The Kier molecular flexibility index (Phi) is 7.88. The minimum absolute atomic E-state index is 0.0499. The zero-order chi connectivity index (χ0) is 27.5. The normalized spacial score (nSPS) is 13.8. The number of rotatable bonds is 8. The summed E-state index contributed by atoms with van der Waals surface area (Å²) < 4.78 is 12.5.